The number of aromatic nitrogens is 2. The number of nitrogens with zero attached hydrogens (tertiary/aromatic N) is 2. The van der Waals surface area contributed by atoms with Gasteiger partial charge in [-0.25, -0.2) is 0 Å². The van der Waals surface area contributed by atoms with Crippen LogP contribution in [0.5, 0.6) is 0 Å². The summed E-state index contributed by atoms with van der Waals surface area (Å²) in [5.41, 5.74) is 2.34. The highest BCUT2D eigenvalue weighted by molar-refractivity contribution is 5.82. The second-order valence-corrected chi connectivity index (χ2v) is 2.96. The lowest BCUT2D eigenvalue weighted by Crippen LogP contribution is -2.14. The minimum absolute atomic E-state index is 0.334. The van der Waals surface area contributed by atoms with Crippen molar-refractivity contribution >= 4 is 5.78 Å². The van der Waals surface area contributed by atoms with Gasteiger partial charge in [0.15, 0.2) is 0 Å². The maximum atomic E-state index is 11.0. The second kappa shape index (κ2) is 2.19. The van der Waals surface area contributed by atoms with E-state index in [1.54, 1.807) is 4.68 Å². The van der Waals surface area contributed by atoms with Crippen molar-refractivity contribution in [2.75, 3.05) is 0 Å². The molecule has 0 fully saturated rings. The first kappa shape index (κ1) is 6.58. The Hall–Kier alpha value is -1.12. The Morgan fingerprint density at radius 3 is 3.18 bits per heavy atom. The lowest BCUT2D eigenvalue weighted by Gasteiger charge is -2.10. The summed E-state index contributed by atoms with van der Waals surface area (Å²) in [6.07, 6.45) is 4.01. The van der Waals surface area contributed by atoms with Crippen LogP contribution in [-0.2, 0) is 24.7 Å². The first-order valence-corrected chi connectivity index (χ1v) is 3.79. The van der Waals surface area contributed by atoms with Gasteiger partial charge in [0.05, 0.1) is 6.20 Å². The van der Waals surface area contributed by atoms with E-state index < -0.39 is 0 Å². The van der Waals surface area contributed by atoms with Crippen LogP contribution in [0.15, 0.2) is 6.20 Å². The molecule has 0 unspecified atom stereocenters. The standard InChI is InChI=1S/C8H10N2O/c1-10-8-4-7(11)3-2-6(8)5-9-10/h5H,2-4H2,1H3. The first-order chi connectivity index (χ1) is 5.27. The van der Waals surface area contributed by atoms with Crippen LogP contribution in [0, 0.1) is 0 Å². The van der Waals surface area contributed by atoms with E-state index in [0.717, 1.165) is 12.1 Å². The molecule has 0 atom stereocenters. The second-order valence-electron chi connectivity index (χ2n) is 2.96. The summed E-state index contributed by atoms with van der Waals surface area (Å²) >= 11 is 0. The van der Waals surface area contributed by atoms with E-state index in [1.165, 1.54) is 5.56 Å². The van der Waals surface area contributed by atoms with Crippen LogP contribution in [0.25, 0.3) is 0 Å². The van der Waals surface area contributed by atoms with Crippen molar-refractivity contribution < 1.29 is 4.79 Å². The molecule has 3 heteroatoms. The number of rotatable bonds is 0. The summed E-state index contributed by atoms with van der Waals surface area (Å²) in [7, 11) is 1.89. The first-order valence-electron chi connectivity index (χ1n) is 3.79. The molecule has 58 valence electrons. The molecular weight excluding hydrogens is 140 g/mol. The maximum Gasteiger partial charge on any atom is 0.139 e. The molecule has 0 bridgehead atoms. The molecule has 1 heterocycles. The van der Waals surface area contributed by atoms with Gasteiger partial charge in [-0.2, -0.15) is 5.10 Å². The zero-order valence-electron chi connectivity index (χ0n) is 6.50. The summed E-state index contributed by atoms with van der Waals surface area (Å²) in [6.45, 7) is 0. The lowest BCUT2D eigenvalue weighted by atomic mass is 9.97. The van der Waals surface area contributed by atoms with Crippen molar-refractivity contribution in [3.8, 4) is 0 Å². The van der Waals surface area contributed by atoms with Gasteiger partial charge in [0.2, 0.25) is 0 Å². The summed E-state index contributed by atoms with van der Waals surface area (Å²) < 4.78 is 1.80. The molecule has 1 aliphatic rings. The van der Waals surface area contributed by atoms with Crippen LogP contribution >= 0.6 is 0 Å². The monoisotopic (exact) mass is 150 g/mol. The maximum absolute atomic E-state index is 11.0. The fraction of sp³-hybridized carbons (Fsp3) is 0.500. The third-order valence-electron chi connectivity index (χ3n) is 2.19. The van der Waals surface area contributed by atoms with E-state index >= 15 is 0 Å². The molecule has 11 heavy (non-hydrogen) atoms. The van der Waals surface area contributed by atoms with Crippen LogP contribution in [-0.4, -0.2) is 15.6 Å². The van der Waals surface area contributed by atoms with Crippen molar-refractivity contribution in [1.82, 2.24) is 9.78 Å². The topological polar surface area (TPSA) is 34.9 Å². The Morgan fingerprint density at radius 2 is 2.36 bits per heavy atom. The molecule has 0 saturated carbocycles. The Labute approximate surface area is 65.0 Å². The van der Waals surface area contributed by atoms with Crippen LogP contribution < -0.4 is 0 Å². The van der Waals surface area contributed by atoms with E-state index in [0.29, 0.717) is 18.6 Å². The molecule has 0 aliphatic heterocycles. The van der Waals surface area contributed by atoms with Gasteiger partial charge in [-0.1, -0.05) is 0 Å². The Balaban J connectivity index is 2.45. The third-order valence-corrected chi connectivity index (χ3v) is 2.19. The normalized spacial score (nSPS) is 16.6. The highest BCUT2D eigenvalue weighted by Crippen LogP contribution is 2.17. The summed E-state index contributed by atoms with van der Waals surface area (Å²) in [4.78, 5) is 11.0. The molecule has 2 rings (SSSR count). The number of hydrogen-bond donors (Lipinski definition) is 0. The molecule has 1 aromatic rings. The van der Waals surface area contributed by atoms with Crippen molar-refractivity contribution in [3.63, 3.8) is 0 Å². The zero-order chi connectivity index (χ0) is 7.84. The van der Waals surface area contributed by atoms with Gasteiger partial charge in [-0.3, -0.25) is 9.48 Å². The number of carbonyl (C=O) groups is 1. The minimum atomic E-state index is 0.334. The smallest absolute Gasteiger partial charge is 0.139 e. The van der Waals surface area contributed by atoms with Crippen molar-refractivity contribution in [3.05, 3.63) is 17.5 Å². The van der Waals surface area contributed by atoms with E-state index in [1.807, 2.05) is 13.2 Å². The largest absolute Gasteiger partial charge is 0.299 e. The third kappa shape index (κ3) is 0.964. The van der Waals surface area contributed by atoms with Crippen LogP contribution in [0.4, 0.5) is 0 Å². The number of aryl methyl sites for hydroxylation is 2. The minimum Gasteiger partial charge on any atom is -0.299 e. The van der Waals surface area contributed by atoms with Crippen LogP contribution in [0.2, 0.25) is 0 Å². The Bertz CT molecular complexity index is 301. The number of Topliss-reactive ketones (excluding diaryl/α,β-unsaturated/α-hetero) is 1. The molecular formula is C8H10N2O. The SMILES string of the molecule is Cn1ncc2c1CC(=O)CC2. The van der Waals surface area contributed by atoms with Crippen LogP contribution in [0.3, 0.4) is 0 Å². The van der Waals surface area contributed by atoms with Crippen molar-refractivity contribution in [2.45, 2.75) is 19.3 Å². The summed E-state index contributed by atoms with van der Waals surface area (Å²) in [5, 5.41) is 4.10. The van der Waals surface area contributed by atoms with E-state index in [-0.39, 0.29) is 0 Å². The van der Waals surface area contributed by atoms with Gasteiger partial charge in [-0.05, 0) is 12.0 Å². The average molecular weight is 150 g/mol. The summed E-state index contributed by atoms with van der Waals surface area (Å²) in [6, 6.07) is 0. The number of ketones is 1. The molecule has 0 radical (unpaired) electrons. The van der Waals surface area contributed by atoms with Gasteiger partial charge in [0, 0.05) is 25.6 Å². The molecule has 1 aromatic heterocycles. The lowest BCUT2D eigenvalue weighted by molar-refractivity contribution is -0.118. The highest BCUT2D eigenvalue weighted by Gasteiger charge is 2.18. The number of carbonyl (C=O) groups excluding carboxylic acids is 1. The predicted molar refractivity (Wildman–Crippen MR) is 40.2 cm³/mol. The molecule has 3 nitrogen and oxygen atoms in total. The Kier molecular flexibility index (Phi) is 1.31. The molecule has 1 aliphatic carbocycles. The van der Waals surface area contributed by atoms with Crippen molar-refractivity contribution in [1.29, 1.82) is 0 Å². The number of fused-ring (bicyclic) bond motifs is 1. The summed E-state index contributed by atoms with van der Waals surface area (Å²) in [5.74, 6) is 0.334. The van der Waals surface area contributed by atoms with E-state index in [9.17, 15) is 4.79 Å². The average Bonchev–Trinajstić information content (AvgIpc) is 2.33. The fourth-order valence-electron chi connectivity index (χ4n) is 1.49. The molecule has 0 N–H and O–H groups in total. The fourth-order valence-corrected chi connectivity index (χ4v) is 1.49. The zero-order valence-corrected chi connectivity index (χ0v) is 6.50. The van der Waals surface area contributed by atoms with Gasteiger partial charge < -0.3 is 0 Å². The molecule has 0 saturated heterocycles. The molecule has 0 aromatic carbocycles. The number of hydrogen-bond acceptors (Lipinski definition) is 2. The van der Waals surface area contributed by atoms with Crippen molar-refractivity contribution in [2.24, 2.45) is 7.05 Å². The molecule has 0 amide bonds. The van der Waals surface area contributed by atoms with E-state index in [2.05, 4.69) is 5.10 Å². The van der Waals surface area contributed by atoms with Gasteiger partial charge in [0.1, 0.15) is 5.78 Å². The van der Waals surface area contributed by atoms with Crippen LogP contribution in [0.1, 0.15) is 17.7 Å². The highest BCUT2D eigenvalue weighted by atomic mass is 16.1. The van der Waals surface area contributed by atoms with Gasteiger partial charge in [-0.15, -0.1) is 0 Å². The predicted octanol–water partition coefficient (Wildman–Crippen LogP) is 0.478. The molecule has 0 spiro atoms. The van der Waals surface area contributed by atoms with Gasteiger partial charge >= 0.3 is 0 Å². The quantitative estimate of drug-likeness (QED) is 0.539. The Morgan fingerprint density at radius 1 is 1.55 bits per heavy atom. The van der Waals surface area contributed by atoms with Gasteiger partial charge in [0.25, 0.3) is 0 Å². The van der Waals surface area contributed by atoms with E-state index in [4.69, 9.17) is 0 Å².